The van der Waals surface area contributed by atoms with Crippen molar-refractivity contribution in [1.29, 1.82) is 0 Å². The number of sulfonamides is 1. The number of hydrogen-bond donors (Lipinski definition) is 1. The summed E-state index contributed by atoms with van der Waals surface area (Å²) in [6, 6.07) is 3.21. The maximum absolute atomic E-state index is 13.6. The fraction of sp³-hybridized carbons (Fsp3) is 0.562. The first kappa shape index (κ1) is 18.2. The van der Waals surface area contributed by atoms with Crippen LogP contribution in [-0.2, 0) is 19.6 Å². The smallest absolute Gasteiger partial charge is 0.317 e. The number of hydrogen-bond acceptors (Lipinski definition) is 5. The second kappa shape index (κ2) is 6.99. The lowest BCUT2D eigenvalue weighted by Gasteiger charge is -2.30. The van der Waals surface area contributed by atoms with E-state index in [9.17, 15) is 17.6 Å². The summed E-state index contributed by atoms with van der Waals surface area (Å²) < 4.78 is 46.9. The first-order valence-corrected chi connectivity index (χ1v) is 9.51. The van der Waals surface area contributed by atoms with Gasteiger partial charge in [-0.05, 0) is 24.6 Å². The Kier molecular flexibility index (Phi) is 5.10. The molecule has 7 nitrogen and oxygen atoms in total. The third kappa shape index (κ3) is 3.84. The van der Waals surface area contributed by atoms with Crippen LogP contribution in [0, 0.1) is 18.7 Å². The van der Waals surface area contributed by atoms with E-state index in [1.165, 1.54) is 16.4 Å². The van der Waals surface area contributed by atoms with Gasteiger partial charge in [-0.15, -0.1) is 0 Å². The van der Waals surface area contributed by atoms with E-state index in [0.29, 0.717) is 18.7 Å². The van der Waals surface area contributed by atoms with E-state index >= 15 is 0 Å². The van der Waals surface area contributed by atoms with Crippen molar-refractivity contribution in [2.45, 2.75) is 17.9 Å². The molecule has 25 heavy (non-hydrogen) atoms. The number of carbonyl (C=O) groups is 1. The highest BCUT2D eigenvalue weighted by molar-refractivity contribution is 7.89. The predicted octanol–water partition coefficient (Wildman–Crippen LogP) is 0.540. The number of carboxylic acid groups (broad SMARTS) is 1. The van der Waals surface area contributed by atoms with Gasteiger partial charge < -0.3 is 9.84 Å². The normalized spacial score (nSPS) is 25.5. The van der Waals surface area contributed by atoms with Crippen molar-refractivity contribution in [2.24, 2.45) is 5.92 Å². The largest absolute Gasteiger partial charge is 0.480 e. The minimum atomic E-state index is -3.91. The van der Waals surface area contributed by atoms with Gasteiger partial charge in [-0.2, -0.15) is 4.31 Å². The van der Waals surface area contributed by atoms with Crippen molar-refractivity contribution in [3.8, 4) is 0 Å². The molecule has 1 aromatic carbocycles. The standard InChI is InChI=1S/C16H21FN2O5S/c1-11-2-3-13(17)4-15(11)25(22,23)19-6-12-5-18(8-16(20)21)7-14(19)10-24-9-12/h2-4,12,14H,5-10H2,1H3,(H,20,21)/t12-,14-/m0/s1. The maximum atomic E-state index is 13.6. The van der Waals surface area contributed by atoms with Gasteiger partial charge in [-0.3, -0.25) is 9.69 Å². The van der Waals surface area contributed by atoms with Crippen molar-refractivity contribution in [3.05, 3.63) is 29.6 Å². The topological polar surface area (TPSA) is 87.2 Å². The molecular formula is C16H21FN2O5S. The molecule has 0 radical (unpaired) electrons. The summed E-state index contributed by atoms with van der Waals surface area (Å²) in [6.45, 7) is 3.02. The third-order valence-electron chi connectivity index (χ3n) is 4.59. The van der Waals surface area contributed by atoms with Crippen LogP contribution in [0.15, 0.2) is 23.1 Å². The molecule has 9 heteroatoms. The molecule has 2 fully saturated rings. The van der Waals surface area contributed by atoms with Crippen molar-refractivity contribution in [1.82, 2.24) is 9.21 Å². The Morgan fingerprint density at radius 1 is 1.32 bits per heavy atom. The Bertz CT molecular complexity index is 770. The predicted molar refractivity (Wildman–Crippen MR) is 87.2 cm³/mol. The van der Waals surface area contributed by atoms with E-state index in [0.717, 1.165) is 6.07 Å². The van der Waals surface area contributed by atoms with Crippen LogP contribution in [0.3, 0.4) is 0 Å². The summed E-state index contributed by atoms with van der Waals surface area (Å²) in [5.41, 5.74) is 0.475. The fourth-order valence-corrected chi connectivity index (χ4v) is 5.41. The van der Waals surface area contributed by atoms with Crippen molar-refractivity contribution in [3.63, 3.8) is 0 Å². The van der Waals surface area contributed by atoms with Gasteiger partial charge in [0.1, 0.15) is 5.82 Å². The summed E-state index contributed by atoms with van der Waals surface area (Å²) in [4.78, 5) is 12.7. The monoisotopic (exact) mass is 372 g/mol. The molecule has 2 aliphatic rings. The van der Waals surface area contributed by atoms with Crippen molar-refractivity contribution in [2.75, 3.05) is 39.4 Å². The number of aryl methyl sites for hydroxylation is 1. The number of nitrogens with zero attached hydrogens (tertiary/aromatic N) is 2. The molecule has 2 bridgehead atoms. The molecule has 2 saturated heterocycles. The number of halogens is 1. The Labute approximate surface area is 146 Å². The van der Waals surface area contributed by atoms with E-state index < -0.39 is 27.9 Å². The zero-order chi connectivity index (χ0) is 18.2. The number of rotatable bonds is 4. The Morgan fingerprint density at radius 3 is 2.80 bits per heavy atom. The molecular weight excluding hydrogens is 351 g/mol. The molecule has 0 amide bonds. The van der Waals surface area contributed by atoms with E-state index in [4.69, 9.17) is 9.84 Å². The lowest BCUT2D eigenvalue weighted by atomic mass is 10.1. The molecule has 1 N–H and O–H groups in total. The number of benzene rings is 1. The van der Waals surface area contributed by atoms with Crippen LogP contribution in [0.25, 0.3) is 0 Å². The summed E-state index contributed by atoms with van der Waals surface area (Å²) in [5.74, 6) is -1.68. The van der Waals surface area contributed by atoms with Gasteiger partial charge >= 0.3 is 5.97 Å². The highest BCUT2D eigenvalue weighted by atomic mass is 32.2. The molecule has 2 atom stereocenters. The minimum absolute atomic E-state index is 0.0511. The number of carboxylic acids is 1. The van der Waals surface area contributed by atoms with Crippen molar-refractivity contribution >= 4 is 16.0 Å². The lowest BCUT2D eigenvalue weighted by molar-refractivity contribution is -0.138. The molecule has 138 valence electrons. The molecule has 3 rings (SSSR count). The van der Waals surface area contributed by atoms with Gasteiger partial charge in [0.05, 0.1) is 30.7 Å². The quantitative estimate of drug-likeness (QED) is 0.830. The Morgan fingerprint density at radius 2 is 2.08 bits per heavy atom. The number of aliphatic carboxylic acids is 1. The van der Waals surface area contributed by atoms with Crippen LogP contribution in [0.5, 0.6) is 0 Å². The average Bonchev–Trinajstić information content (AvgIpc) is 2.80. The highest BCUT2D eigenvalue weighted by Gasteiger charge is 2.40. The minimum Gasteiger partial charge on any atom is -0.480 e. The average molecular weight is 372 g/mol. The van der Waals surface area contributed by atoms with Crippen LogP contribution in [0.2, 0.25) is 0 Å². The summed E-state index contributed by atoms with van der Waals surface area (Å²) in [7, 11) is -3.91. The first-order valence-electron chi connectivity index (χ1n) is 8.07. The van der Waals surface area contributed by atoms with Gasteiger partial charge in [0.25, 0.3) is 0 Å². The maximum Gasteiger partial charge on any atom is 0.317 e. The summed E-state index contributed by atoms with van der Waals surface area (Å²) >= 11 is 0. The molecule has 1 aromatic rings. The van der Waals surface area contributed by atoms with Gasteiger partial charge in [0.2, 0.25) is 10.0 Å². The van der Waals surface area contributed by atoms with Crippen LogP contribution >= 0.6 is 0 Å². The number of ether oxygens (including phenoxy) is 1. The fourth-order valence-electron chi connectivity index (χ4n) is 3.49. The molecule has 0 aliphatic carbocycles. The SMILES string of the molecule is Cc1ccc(F)cc1S(=O)(=O)N1C[C@H]2COC[C@@H]1CN(CC(=O)O)C2. The van der Waals surface area contributed by atoms with Gasteiger partial charge in [0, 0.05) is 25.6 Å². The summed E-state index contributed by atoms with van der Waals surface area (Å²) in [6.07, 6.45) is 0. The van der Waals surface area contributed by atoms with Gasteiger partial charge in [-0.25, -0.2) is 12.8 Å². The van der Waals surface area contributed by atoms with Gasteiger partial charge in [0.15, 0.2) is 0 Å². The van der Waals surface area contributed by atoms with E-state index in [1.807, 2.05) is 0 Å². The van der Waals surface area contributed by atoms with Crippen LogP contribution < -0.4 is 0 Å². The Balaban J connectivity index is 1.95. The van der Waals surface area contributed by atoms with E-state index in [2.05, 4.69) is 0 Å². The summed E-state index contributed by atoms with van der Waals surface area (Å²) in [5, 5.41) is 9.05. The zero-order valence-corrected chi connectivity index (χ0v) is 14.7. The van der Waals surface area contributed by atoms with Gasteiger partial charge in [-0.1, -0.05) is 6.07 Å². The van der Waals surface area contributed by atoms with Crippen LogP contribution in [-0.4, -0.2) is 74.1 Å². The van der Waals surface area contributed by atoms with Crippen LogP contribution in [0.1, 0.15) is 5.56 Å². The van der Waals surface area contributed by atoms with Crippen molar-refractivity contribution < 1.29 is 27.4 Å². The highest BCUT2D eigenvalue weighted by Crippen LogP contribution is 2.28. The zero-order valence-electron chi connectivity index (χ0n) is 13.9. The molecule has 2 aliphatic heterocycles. The lowest BCUT2D eigenvalue weighted by Crippen LogP contribution is -2.47. The van der Waals surface area contributed by atoms with E-state index in [1.54, 1.807) is 11.8 Å². The Hall–Kier alpha value is -1.55. The molecule has 0 aromatic heterocycles. The second-order valence-corrected chi connectivity index (χ2v) is 8.49. The molecule has 2 heterocycles. The third-order valence-corrected chi connectivity index (χ3v) is 6.65. The first-order chi connectivity index (χ1) is 11.8. The molecule has 0 unspecified atom stereocenters. The number of fused-ring (bicyclic) bond motifs is 3. The van der Waals surface area contributed by atoms with Crippen LogP contribution in [0.4, 0.5) is 4.39 Å². The van der Waals surface area contributed by atoms with E-state index in [-0.39, 0.29) is 37.1 Å². The molecule has 0 spiro atoms. The molecule has 0 saturated carbocycles. The second-order valence-electron chi connectivity index (χ2n) is 6.63.